The van der Waals surface area contributed by atoms with Crippen molar-refractivity contribution >= 4 is 35.3 Å². The predicted octanol–water partition coefficient (Wildman–Crippen LogP) is -0.159. The Hall–Kier alpha value is -2.75. The summed E-state index contributed by atoms with van der Waals surface area (Å²) in [5.41, 5.74) is 1.05. The number of furan rings is 1. The number of nitrogens with one attached hydrogen (secondary N) is 1. The Morgan fingerprint density at radius 3 is 3.04 bits per heavy atom. The lowest BCUT2D eigenvalue weighted by atomic mass is 10.0. The van der Waals surface area contributed by atoms with E-state index in [2.05, 4.69) is 15.3 Å². The van der Waals surface area contributed by atoms with Crippen molar-refractivity contribution in [2.24, 2.45) is 5.16 Å². The summed E-state index contributed by atoms with van der Waals surface area (Å²) in [6.45, 7) is 0.220. The van der Waals surface area contributed by atoms with Gasteiger partial charge in [0, 0.05) is 11.3 Å². The number of fused-ring (bicyclic) bond motifs is 2. The highest BCUT2D eigenvalue weighted by Crippen LogP contribution is 2.42. The van der Waals surface area contributed by atoms with Gasteiger partial charge < -0.3 is 19.3 Å². The summed E-state index contributed by atoms with van der Waals surface area (Å²) in [6.07, 6.45) is 1.40. The van der Waals surface area contributed by atoms with Gasteiger partial charge in [-0.2, -0.15) is 0 Å². The highest BCUT2D eigenvalue weighted by atomic mass is 32.2. The number of rotatable bonds is 4. The molecule has 2 atom stereocenters. The highest BCUT2D eigenvalue weighted by Gasteiger charge is 2.55. The molecule has 1 saturated heterocycles. The molecule has 4 rings (SSSR count). The molecule has 2 amide bonds. The van der Waals surface area contributed by atoms with Crippen molar-refractivity contribution in [3.05, 3.63) is 35.4 Å². The van der Waals surface area contributed by atoms with Crippen LogP contribution in [0.5, 0.6) is 0 Å². The Balaban J connectivity index is 1.51. The average Bonchev–Trinajstić information content (AvgIpc) is 3.26. The van der Waals surface area contributed by atoms with Crippen LogP contribution in [0.15, 0.2) is 39.2 Å². The quantitative estimate of drug-likeness (QED) is 0.342. The van der Waals surface area contributed by atoms with E-state index in [9.17, 15) is 14.4 Å². The SMILES string of the molecule is CON=C(C(=O)N[C@@H]1C(=O)N2C3=C(COC3=O)CS[C@H]12)c1ccco1. The van der Waals surface area contributed by atoms with Gasteiger partial charge in [0.15, 0.2) is 5.76 Å². The summed E-state index contributed by atoms with van der Waals surface area (Å²) >= 11 is 1.47. The molecule has 3 aliphatic heterocycles. The molecule has 9 nitrogen and oxygen atoms in total. The van der Waals surface area contributed by atoms with Crippen molar-refractivity contribution in [2.75, 3.05) is 19.5 Å². The van der Waals surface area contributed by atoms with Gasteiger partial charge in [-0.3, -0.25) is 14.5 Å². The molecule has 0 aromatic carbocycles. The number of β-lactam (4-membered cyclic amide) rings is 1. The largest absolute Gasteiger partial charge is 0.462 e. The molecule has 4 heterocycles. The van der Waals surface area contributed by atoms with Gasteiger partial charge >= 0.3 is 5.97 Å². The zero-order valence-corrected chi connectivity index (χ0v) is 13.9. The number of hydrogen-bond donors (Lipinski definition) is 1. The van der Waals surface area contributed by atoms with Gasteiger partial charge in [0.25, 0.3) is 11.8 Å². The van der Waals surface area contributed by atoms with E-state index < -0.39 is 17.9 Å². The van der Waals surface area contributed by atoms with E-state index in [1.165, 1.54) is 30.0 Å². The third kappa shape index (κ3) is 2.40. The zero-order chi connectivity index (χ0) is 17.6. The Morgan fingerprint density at radius 2 is 2.32 bits per heavy atom. The first-order valence-electron chi connectivity index (χ1n) is 7.41. The van der Waals surface area contributed by atoms with E-state index in [1.807, 2.05) is 0 Å². The summed E-state index contributed by atoms with van der Waals surface area (Å²) in [4.78, 5) is 42.8. The summed E-state index contributed by atoms with van der Waals surface area (Å²) in [7, 11) is 1.31. The maximum absolute atomic E-state index is 12.5. The van der Waals surface area contributed by atoms with Crippen molar-refractivity contribution in [3.8, 4) is 0 Å². The maximum atomic E-state index is 12.5. The molecule has 130 valence electrons. The molecule has 0 bridgehead atoms. The van der Waals surface area contributed by atoms with Crippen LogP contribution in [-0.4, -0.2) is 59.3 Å². The molecule has 1 fully saturated rings. The van der Waals surface area contributed by atoms with Crippen LogP contribution >= 0.6 is 11.8 Å². The monoisotopic (exact) mass is 363 g/mol. The van der Waals surface area contributed by atoms with Crippen molar-refractivity contribution in [2.45, 2.75) is 11.4 Å². The molecule has 0 saturated carbocycles. The number of hydrogen-bond acceptors (Lipinski definition) is 8. The van der Waals surface area contributed by atoms with E-state index in [4.69, 9.17) is 9.15 Å². The lowest BCUT2D eigenvalue weighted by Crippen LogP contribution is -2.70. The number of carbonyl (C=O) groups excluding carboxylic acids is 3. The minimum atomic E-state index is -0.753. The Labute approximate surface area is 146 Å². The van der Waals surface area contributed by atoms with Gasteiger partial charge in [-0.1, -0.05) is 5.16 Å². The summed E-state index contributed by atoms with van der Waals surface area (Å²) in [5.74, 6) is -0.629. The molecule has 1 aromatic rings. The Morgan fingerprint density at radius 1 is 1.48 bits per heavy atom. The Kier molecular flexibility index (Phi) is 3.75. The topological polar surface area (TPSA) is 110 Å². The highest BCUT2D eigenvalue weighted by molar-refractivity contribution is 8.00. The molecule has 0 radical (unpaired) electrons. The van der Waals surface area contributed by atoms with Crippen LogP contribution in [0.2, 0.25) is 0 Å². The summed E-state index contributed by atoms with van der Waals surface area (Å²) in [6, 6.07) is 2.42. The minimum absolute atomic E-state index is 0.0697. The molecule has 25 heavy (non-hydrogen) atoms. The van der Waals surface area contributed by atoms with Crippen LogP contribution in [0.4, 0.5) is 0 Å². The fourth-order valence-corrected chi connectivity index (χ4v) is 4.24. The molecule has 0 aliphatic carbocycles. The average molecular weight is 363 g/mol. The summed E-state index contributed by atoms with van der Waals surface area (Å²) < 4.78 is 10.1. The third-order valence-electron chi connectivity index (χ3n) is 4.06. The van der Waals surface area contributed by atoms with Gasteiger partial charge in [-0.25, -0.2) is 4.79 Å². The maximum Gasteiger partial charge on any atom is 0.355 e. The molecule has 10 heteroatoms. The molecule has 3 aliphatic rings. The van der Waals surface area contributed by atoms with E-state index in [0.29, 0.717) is 11.4 Å². The second-order valence-corrected chi connectivity index (χ2v) is 6.59. The fraction of sp³-hybridized carbons (Fsp3) is 0.333. The van der Waals surface area contributed by atoms with Crippen LogP contribution in [0.1, 0.15) is 5.76 Å². The van der Waals surface area contributed by atoms with E-state index in [-0.39, 0.29) is 29.4 Å². The normalized spacial score (nSPS) is 25.2. The minimum Gasteiger partial charge on any atom is -0.462 e. The second-order valence-electron chi connectivity index (χ2n) is 5.49. The molecular formula is C15H13N3O6S. The molecule has 0 spiro atoms. The van der Waals surface area contributed by atoms with Crippen LogP contribution < -0.4 is 5.32 Å². The molecule has 1 N–H and O–H groups in total. The van der Waals surface area contributed by atoms with Crippen molar-refractivity contribution < 1.29 is 28.4 Å². The number of cyclic esters (lactones) is 1. The number of carbonyl (C=O) groups is 3. The second kappa shape index (κ2) is 5.96. The predicted molar refractivity (Wildman–Crippen MR) is 85.3 cm³/mol. The van der Waals surface area contributed by atoms with Gasteiger partial charge in [0.05, 0.1) is 6.26 Å². The number of oxime groups is 1. The van der Waals surface area contributed by atoms with Crippen molar-refractivity contribution in [1.29, 1.82) is 0 Å². The van der Waals surface area contributed by atoms with Crippen LogP contribution in [0.25, 0.3) is 0 Å². The van der Waals surface area contributed by atoms with Gasteiger partial charge in [-0.15, -0.1) is 11.8 Å². The van der Waals surface area contributed by atoms with Gasteiger partial charge in [0.1, 0.15) is 30.8 Å². The first kappa shape index (κ1) is 15.8. The lowest BCUT2D eigenvalue weighted by Gasteiger charge is -2.48. The fourth-order valence-electron chi connectivity index (χ4n) is 2.92. The zero-order valence-electron chi connectivity index (χ0n) is 13.1. The van der Waals surface area contributed by atoms with Crippen LogP contribution in [0, 0.1) is 0 Å². The van der Waals surface area contributed by atoms with E-state index in [0.717, 1.165) is 5.57 Å². The van der Waals surface area contributed by atoms with Crippen molar-refractivity contribution in [1.82, 2.24) is 10.2 Å². The number of thioether (sulfide) groups is 1. The van der Waals surface area contributed by atoms with Crippen LogP contribution in [-0.2, 0) is 24.0 Å². The van der Waals surface area contributed by atoms with Gasteiger partial charge in [-0.05, 0) is 12.1 Å². The smallest absolute Gasteiger partial charge is 0.355 e. The third-order valence-corrected chi connectivity index (χ3v) is 5.40. The van der Waals surface area contributed by atoms with Gasteiger partial charge in [0.2, 0.25) is 5.71 Å². The molecular weight excluding hydrogens is 350 g/mol. The molecule has 1 aromatic heterocycles. The first-order valence-corrected chi connectivity index (χ1v) is 8.46. The van der Waals surface area contributed by atoms with E-state index in [1.54, 1.807) is 12.1 Å². The molecule has 0 unspecified atom stereocenters. The Bertz CT molecular complexity index is 815. The number of amides is 2. The number of esters is 1. The van der Waals surface area contributed by atoms with Crippen LogP contribution in [0.3, 0.4) is 0 Å². The summed E-state index contributed by atoms with van der Waals surface area (Å²) in [5, 5.41) is 5.96. The first-order chi connectivity index (χ1) is 12.1. The number of ether oxygens (including phenoxy) is 1. The van der Waals surface area contributed by atoms with E-state index >= 15 is 0 Å². The lowest BCUT2D eigenvalue weighted by molar-refractivity contribution is -0.150. The standard InChI is InChI=1S/C15H13N3O6S/c1-22-17-9(8-3-2-4-23-8)12(19)16-10-13(20)18-11-7(5-24-15(11)21)6-25-14(10)18/h2-4,10,14H,5-6H2,1H3,(H,16,19)/t10-,14-/m1/s1. The van der Waals surface area contributed by atoms with Crippen molar-refractivity contribution in [3.63, 3.8) is 0 Å². The number of nitrogens with zero attached hydrogens (tertiary/aromatic N) is 2.